The fourth-order valence-electron chi connectivity index (χ4n) is 2.36. The van der Waals surface area contributed by atoms with Gasteiger partial charge in [0.15, 0.2) is 0 Å². The Morgan fingerprint density at radius 3 is 2.95 bits per heavy atom. The smallest absolute Gasteiger partial charge is 0.437 e. The van der Waals surface area contributed by atoms with Crippen LogP contribution in [0.5, 0.6) is 5.75 Å². The van der Waals surface area contributed by atoms with Crippen LogP contribution in [-0.4, -0.2) is 15.9 Å². The fourth-order valence-corrected chi connectivity index (χ4v) is 3.07. The normalized spacial score (nSPS) is 17.3. The second-order valence-electron chi connectivity index (χ2n) is 4.75. The Labute approximate surface area is 118 Å². The van der Waals surface area contributed by atoms with Crippen LogP contribution in [0.2, 0.25) is 0 Å². The maximum absolute atomic E-state index is 11.5. The maximum atomic E-state index is 11.5. The summed E-state index contributed by atoms with van der Waals surface area (Å²) in [4.78, 5) is 11.5. The number of ether oxygens (including phenoxy) is 1. The zero-order valence-corrected chi connectivity index (χ0v) is 12.2. The first-order chi connectivity index (χ1) is 9.02. The second-order valence-corrected chi connectivity index (χ2v) is 5.60. The van der Waals surface area contributed by atoms with Crippen molar-refractivity contribution in [3.63, 3.8) is 0 Å². The van der Waals surface area contributed by atoms with Crippen molar-refractivity contribution in [2.75, 3.05) is 0 Å². The SMILES string of the molecule is Cc1cc(Br)c2c(c1)CC(Cn1nc(C)oc1=O)O2. The summed E-state index contributed by atoms with van der Waals surface area (Å²) in [6.07, 6.45) is 0.684. The van der Waals surface area contributed by atoms with Crippen LogP contribution in [-0.2, 0) is 13.0 Å². The van der Waals surface area contributed by atoms with E-state index >= 15 is 0 Å². The third-order valence-corrected chi connectivity index (χ3v) is 3.67. The zero-order chi connectivity index (χ0) is 13.6. The van der Waals surface area contributed by atoms with Crippen molar-refractivity contribution in [2.45, 2.75) is 32.9 Å². The first kappa shape index (κ1) is 12.5. The summed E-state index contributed by atoms with van der Waals surface area (Å²) in [6, 6.07) is 4.13. The summed E-state index contributed by atoms with van der Waals surface area (Å²) < 4.78 is 13.0. The molecule has 0 amide bonds. The number of aryl methyl sites for hydroxylation is 2. The van der Waals surface area contributed by atoms with E-state index in [2.05, 4.69) is 27.1 Å². The molecule has 1 aromatic carbocycles. The lowest BCUT2D eigenvalue weighted by Crippen LogP contribution is -2.27. The molecule has 1 unspecified atom stereocenters. The van der Waals surface area contributed by atoms with Gasteiger partial charge >= 0.3 is 5.76 Å². The average molecular weight is 325 g/mol. The first-order valence-corrected chi connectivity index (χ1v) is 6.82. The average Bonchev–Trinajstić information content (AvgIpc) is 2.83. The van der Waals surface area contributed by atoms with E-state index in [0.29, 0.717) is 12.4 Å². The van der Waals surface area contributed by atoms with Crippen molar-refractivity contribution in [2.24, 2.45) is 0 Å². The van der Waals surface area contributed by atoms with Crippen LogP contribution < -0.4 is 10.5 Å². The highest BCUT2D eigenvalue weighted by Gasteiger charge is 2.26. The highest BCUT2D eigenvalue weighted by atomic mass is 79.9. The predicted octanol–water partition coefficient (Wildman–Crippen LogP) is 2.22. The van der Waals surface area contributed by atoms with E-state index < -0.39 is 5.76 Å². The van der Waals surface area contributed by atoms with Gasteiger partial charge in [-0.3, -0.25) is 0 Å². The minimum Gasteiger partial charge on any atom is -0.487 e. The van der Waals surface area contributed by atoms with Crippen molar-refractivity contribution in [1.82, 2.24) is 9.78 Å². The quantitative estimate of drug-likeness (QED) is 0.850. The van der Waals surface area contributed by atoms with Crippen molar-refractivity contribution in [3.05, 3.63) is 44.2 Å². The summed E-state index contributed by atoms with van der Waals surface area (Å²) in [6.45, 7) is 4.10. The largest absolute Gasteiger partial charge is 0.487 e. The molecule has 0 aliphatic carbocycles. The van der Waals surface area contributed by atoms with Gasteiger partial charge in [0.1, 0.15) is 11.9 Å². The topological polar surface area (TPSA) is 57.3 Å². The van der Waals surface area contributed by atoms with Gasteiger partial charge in [-0.25, -0.2) is 4.79 Å². The summed E-state index contributed by atoms with van der Waals surface area (Å²) in [5, 5.41) is 4.02. The van der Waals surface area contributed by atoms with E-state index in [1.54, 1.807) is 6.92 Å². The molecule has 100 valence electrons. The van der Waals surface area contributed by atoms with Gasteiger partial charge in [0.25, 0.3) is 0 Å². The molecule has 3 rings (SSSR count). The number of rotatable bonds is 2. The molecule has 2 aromatic rings. The number of hydrogen-bond donors (Lipinski definition) is 0. The summed E-state index contributed by atoms with van der Waals surface area (Å²) >= 11 is 3.50. The lowest BCUT2D eigenvalue weighted by atomic mass is 10.1. The summed E-state index contributed by atoms with van der Waals surface area (Å²) in [7, 11) is 0. The molecule has 1 aliphatic heterocycles. The molecule has 0 fully saturated rings. The van der Waals surface area contributed by atoms with Crippen LogP contribution >= 0.6 is 15.9 Å². The van der Waals surface area contributed by atoms with Gasteiger partial charge < -0.3 is 9.15 Å². The van der Waals surface area contributed by atoms with Crippen molar-refractivity contribution >= 4 is 15.9 Å². The molecule has 5 nitrogen and oxygen atoms in total. The third kappa shape index (κ3) is 2.32. The highest BCUT2D eigenvalue weighted by Crippen LogP contribution is 2.37. The lowest BCUT2D eigenvalue weighted by Gasteiger charge is -2.09. The minimum absolute atomic E-state index is 0.0877. The monoisotopic (exact) mass is 324 g/mol. The number of hydrogen-bond acceptors (Lipinski definition) is 4. The van der Waals surface area contributed by atoms with Crippen LogP contribution in [0.25, 0.3) is 0 Å². The molecule has 0 bridgehead atoms. The minimum atomic E-state index is -0.438. The molecular formula is C13H13BrN2O3. The van der Waals surface area contributed by atoms with Gasteiger partial charge in [-0.15, -0.1) is 5.10 Å². The molecule has 1 aromatic heterocycles. The Morgan fingerprint density at radius 2 is 2.26 bits per heavy atom. The van der Waals surface area contributed by atoms with Gasteiger partial charge in [0.05, 0.1) is 11.0 Å². The van der Waals surface area contributed by atoms with Gasteiger partial charge in [-0.1, -0.05) is 6.07 Å². The summed E-state index contributed by atoms with van der Waals surface area (Å²) in [5.41, 5.74) is 2.34. The molecule has 0 N–H and O–H groups in total. The number of nitrogens with zero attached hydrogens (tertiary/aromatic N) is 2. The Kier molecular flexibility index (Phi) is 2.97. The Bertz CT molecular complexity index is 690. The van der Waals surface area contributed by atoms with Crippen molar-refractivity contribution in [1.29, 1.82) is 0 Å². The molecule has 19 heavy (non-hydrogen) atoms. The molecule has 0 radical (unpaired) electrons. The van der Waals surface area contributed by atoms with E-state index in [9.17, 15) is 4.79 Å². The van der Waals surface area contributed by atoms with Crippen molar-refractivity contribution in [3.8, 4) is 5.75 Å². The van der Waals surface area contributed by atoms with E-state index in [4.69, 9.17) is 9.15 Å². The van der Waals surface area contributed by atoms with E-state index in [0.717, 1.165) is 22.2 Å². The molecule has 0 saturated carbocycles. The fraction of sp³-hybridized carbons (Fsp3) is 0.385. The van der Waals surface area contributed by atoms with Crippen LogP contribution in [0.1, 0.15) is 17.0 Å². The number of fused-ring (bicyclic) bond motifs is 1. The Morgan fingerprint density at radius 1 is 1.47 bits per heavy atom. The highest BCUT2D eigenvalue weighted by molar-refractivity contribution is 9.10. The number of benzene rings is 1. The van der Waals surface area contributed by atoms with Crippen LogP contribution in [0, 0.1) is 13.8 Å². The van der Waals surface area contributed by atoms with Gasteiger partial charge in [-0.05, 0) is 40.0 Å². The molecule has 0 saturated heterocycles. The number of aromatic nitrogens is 2. The van der Waals surface area contributed by atoms with Crippen LogP contribution in [0.3, 0.4) is 0 Å². The molecule has 2 heterocycles. The molecule has 0 spiro atoms. The second kappa shape index (κ2) is 4.52. The zero-order valence-electron chi connectivity index (χ0n) is 10.6. The maximum Gasteiger partial charge on any atom is 0.437 e. The van der Waals surface area contributed by atoms with Crippen LogP contribution in [0.4, 0.5) is 0 Å². The number of halogens is 1. The Balaban J connectivity index is 1.83. The lowest BCUT2D eigenvalue weighted by molar-refractivity contribution is 0.198. The summed E-state index contributed by atoms with van der Waals surface area (Å²) in [5.74, 6) is 0.800. The van der Waals surface area contributed by atoms with Crippen molar-refractivity contribution < 1.29 is 9.15 Å². The van der Waals surface area contributed by atoms with Crippen LogP contribution in [0.15, 0.2) is 25.8 Å². The standard InChI is InChI=1S/C13H13BrN2O3/c1-7-3-9-5-10(19-12(9)11(14)4-7)6-16-13(17)18-8(2)15-16/h3-4,10H,5-6H2,1-2H3. The van der Waals surface area contributed by atoms with E-state index in [-0.39, 0.29) is 6.10 Å². The van der Waals surface area contributed by atoms with E-state index in [1.807, 2.05) is 13.0 Å². The van der Waals surface area contributed by atoms with E-state index in [1.165, 1.54) is 10.2 Å². The first-order valence-electron chi connectivity index (χ1n) is 6.03. The van der Waals surface area contributed by atoms with Gasteiger partial charge in [-0.2, -0.15) is 4.68 Å². The van der Waals surface area contributed by atoms with Gasteiger partial charge in [0, 0.05) is 13.3 Å². The predicted molar refractivity (Wildman–Crippen MR) is 72.5 cm³/mol. The Hall–Kier alpha value is -1.56. The van der Waals surface area contributed by atoms with Gasteiger partial charge in [0.2, 0.25) is 5.89 Å². The molecule has 1 aliphatic rings. The molecule has 1 atom stereocenters. The molecular weight excluding hydrogens is 312 g/mol. The molecule has 6 heteroatoms. The third-order valence-electron chi connectivity index (χ3n) is 3.08.